The van der Waals surface area contributed by atoms with Gasteiger partial charge in [0.25, 0.3) is 0 Å². The Bertz CT molecular complexity index is 601. The number of esters is 1. The summed E-state index contributed by atoms with van der Waals surface area (Å²) in [6.07, 6.45) is 1.94. The predicted molar refractivity (Wildman–Crippen MR) is 77.9 cm³/mol. The monoisotopic (exact) mass is 329 g/mol. The van der Waals surface area contributed by atoms with Gasteiger partial charge in [0.05, 0.1) is 25.1 Å². The molecule has 0 aromatic carbocycles. The molecule has 8 heteroatoms. The molecule has 1 heterocycles. The molecule has 1 saturated carbocycles. The Balaban J connectivity index is 1.95. The fourth-order valence-electron chi connectivity index (χ4n) is 3.08. The number of methoxy groups -OCH3 is 1. The molecule has 0 aliphatic heterocycles. The number of nitrogens with one attached hydrogen (secondary N) is 1. The molecule has 2 rings (SSSR count). The number of aryl methyl sites for hydroxylation is 1. The van der Waals surface area contributed by atoms with Gasteiger partial charge in [-0.2, -0.15) is 13.9 Å². The Kier molecular flexibility index (Phi) is 5.33. The third kappa shape index (κ3) is 3.86. The summed E-state index contributed by atoms with van der Waals surface area (Å²) in [5.74, 6) is -0.692. The molecule has 0 unspecified atom stereocenters. The number of amides is 1. The van der Waals surface area contributed by atoms with Crippen LogP contribution >= 0.6 is 0 Å². The molecule has 1 aromatic heterocycles. The van der Waals surface area contributed by atoms with Crippen LogP contribution in [0.3, 0.4) is 0 Å². The summed E-state index contributed by atoms with van der Waals surface area (Å²) in [6.45, 7) is 0.413. The van der Waals surface area contributed by atoms with Crippen LogP contribution in [0, 0.1) is 19.8 Å². The molecule has 1 aliphatic carbocycles. The third-order valence-electron chi connectivity index (χ3n) is 4.33. The molecule has 0 bridgehead atoms. The third-order valence-corrected chi connectivity index (χ3v) is 4.33. The fraction of sp³-hybridized carbons (Fsp3) is 0.667. The lowest BCUT2D eigenvalue weighted by Gasteiger charge is -2.13. The minimum Gasteiger partial charge on any atom is -0.469 e. The molecule has 1 fully saturated rings. The summed E-state index contributed by atoms with van der Waals surface area (Å²) >= 11 is 0. The van der Waals surface area contributed by atoms with Crippen molar-refractivity contribution in [2.75, 3.05) is 7.11 Å². The van der Waals surface area contributed by atoms with Crippen molar-refractivity contribution in [1.29, 1.82) is 0 Å². The van der Waals surface area contributed by atoms with Crippen molar-refractivity contribution in [3.8, 4) is 0 Å². The maximum Gasteiger partial charge on any atom is 0.333 e. The Morgan fingerprint density at radius 1 is 1.39 bits per heavy atom. The number of nitrogens with zero attached hydrogens (tertiary/aromatic N) is 2. The number of hydrogen-bond donors (Lipinski definition) is 1. The Labute approximate surface area is 133 Å². The van der Waals surface area contributed by atoms with E-state index in [1.165, 1.54) is 14.0 Å². The van der Waals surface area contributed by atoms with Gasteiger partial charge in [0.2, 0.25) is 5.91 Å². The molecule has 0 saturated heterocycles. The summed E-state index contributed by atoms with van der Waals surface area (Å²) in [5, 5.41) is 6.62. The second kappa shape index (κ2) is 7.06. The highest BCUT2D eigenvalue weighted by Gasteiger charge is 2.31. The van der Waals surface area contributed by atoms with E-state index in [0.717, 1.165) is 0 Å². The predicted octanol–water partition coefficient (Wildman–Crippen LogP) is 1.90. The standard InChI is InChI=1S/C15H21F2N3O3/c1-8-12(9(2)20(19-8)15(16)17)7-13(21)18-11-5-4-10(6-11)14(22)23-3/h10-11,15H,4-7H2,1-3H3,(H,18,21)/t10-,11-/m0/s1. The van der Waals surface area contributed by atoms with E-state index in [0.29, 0.717) is 40.9 Å². The molecule has 2 atom stereocenters. The summed E-state index contributed by atoms with van der Waals surface area (Å²) in [4.78, 5) is 23.6. The van der Waals surface area contributed by atoms with E-state index in [1.54, 1.807) is 6.92 Å². The van der Waals surface area contributed by atoms with Crippen molar-refractivity contribution >= 4 is 11.9 Å². The fourth-order valence-corrected chi connectivity index (χ4v) is 3.08. The molecule has 23 heavy (non-hydrogen) atoms. The number of ether oxygens (including phenoxy) is 1. The zero-order valence-corrected chi connectivity index (χ0v) is 13.4. The first-order valence-electron chi connectivity index (χ1n) is 7.53. The van der Waals surface area contributed by atoms with E-state index >= 15 is 0 Å². The number of hydrogen-bond acceptors (Lipinski definition) is 4. The van der Waals surface area contributed by atoms with Crippen LogP contribution in [0.4, 0.5) is 8.78 Å². The number of halogens is 2. The van der Waals surface area contributed by atoms with Crippen LogP contribution in [0.1, 0.15) is 42.8 Å². The summed E-state index contributed by atoms with van der Waals surface area (Å²) in [7, 11) is 1.35. The lowest BCUT2D eigenvalue weighted by atomic mass is 10.1. The van der Waals surface area contributed by atoms with E-state index < -0.39 is 6.55 Å². The quantitative estimate of drug-likeness (QED) is 0.837. The van der Waals surface area contributed by atoms with Crippen molar-refractivity contribution < 1.29 is 23.1 Å². The number of aromatic nitrogens is 2. The maximum absolute atomic E-state index is 12.8. The summed E-state index contributed by atoms with van der Waals surface area (Å²) in [6, 6.07) is -0.0858. The molecule has 1 N–H and O–H groups in total. The van der Waals surface area contributed by atoms with Crippen LogP contribution in [-0.4, -0.2) is 34.8 Å². The molecule has 128 valence electrons. The van der Waals surface area contributed by atoms with E-state index in [-0.39, 0.29) is 30.3 Å². The molecule has 0 spiro atoms. The van der Waals surface area contributed by atoms with Gasteiger partial charge in [-0.3, -0.25) is 9.59 Å². The molecule has 1 aliphatic rings. The van der Waals surface area contributed by atoms with Gasteiger partial charge in [0.1, 0.15) is 0 Å². The van der Waals surface area contributed by atoms with E-state index in [1.807, 2.05) is 0 Å². The molecule has 1 amide bonds. The molecular weight excluding hydrogens is 308 g/mol. The minimum atomic E-state index is -2.72. The van der Waals surface area contributed by atoms with E-state index in [9.17, 15) is 18.4 Å². The molecule has 0 radical (unpaired) electrons. The van der Waals surface area contributed by atoms with Gasteiger partial charge >= 0.3 is 12.5 Å². The van der Waals surface area contributed by atoms with Gasteiger partial charge < -0.3 is 10.1 Å². The van der Waals surface area contributed by atoms with Crippen molar-refractivity contribution in [2.24, 2.45) is 5.92 Å². The van der Waals surface area contributed by atoms with Gasteiger partial charge in [0, 0.05) is 17.3 Å². The van der Waals surface area contributed by atoms with Gasteiger partial charge in [-0.25, -0.2) is 4.68 Å². The first-order valence-corrected chi connectivity index (χ1v) is 7.53. The zero-order chi connectivity index (χ0) is 17.1. The zero-order valence-electron chi connectivity index (χ0n) is 13.4. The normalized spacial score (nSPS) is 20.8. The van der Waals surface area contributed by atoms with Crippen LogP contribution < -0.4 is 5.32 Å². The van der Waals surface area contributed by atoms with Gasteiger partial charge in [-0.15, -0.1) is 0 Å². The second-order valence-electron chi connectivity index (χ2n) is 5.85. The van der Waals surface area contributed by atoms with Gasteiger partial charge in [-0.1, -0.05) is 0 Å². The molecular formula is C15H21F2N3O3. The lowest BCUT2D eigenvalue weighted by molar-refractivity contribution is -0.145. The number of carbonyl (C=O) groups is 2. The summed E-state index contributed by atoms with van der Waals surface area (Å²) < 4.78 is 30.9. The number of carbonyl (C=O) groups excluding carboxylic acids is 2. The van der Waals surface area contributed by atoms with Gasteiger partial charge in [0.15, 0.2) is 0 Å². The topological polar surface area (TPSA) is 73.2 Å². The lowest BCUT2D eigenvalue weighted by Crippen LogP contribution is -2.34. The Hall–Kier alpha value is -1.99. The number of alkyl halides is 2. The Morgan fingerprint density at radius 3 is 2.65 bits per heavy atom. The minimum absolute atomic E-state index is 0.00375. The molecule has 6 nitrogen and oxygen atoms in total. The smallest absolute Gasteiger partial charge is 0.333 e. The first kappa shape index (κ1) is 17.4. The highest BCUT2D eigenvalue weighted by atomic mass is 19.3. The van der Waals surface area contributed by atoms with E-state index in [2.05, 4.69) is 10.4 Å². The SMILES string of the molecule is COC(=O)[C@H]1CC[C@H](NC(=O)Cc2c(C)nn(C(F)F)c2C)C1. The van der Waals surface area contributed by atoms with Crippen LogP contribution in [0.5, 0.6) is 0 Å². The maximum atomic E-state index is 12.8. The van der Waals surface area contributed by atoms with Crippen molar-refractivity contribution in [3.05, 3.63) is 17.0 Å². The van der Waals surface area contributed by atoms with Crippen molar-refractivity contribution in [1.82, 2.24) is 15.1 Å². The second-order valence-corrected chi connectivity index (χ2v) is 5.85. The van der Waals surface area contributed by atoms with Crippen molar-refractivity contribution in [3.63, 3.8) is 0 Å². The van der Waals surface area contributed by atoms with Crippen molar-refractivity contribution in [2.45, 2.75) is 52.1 Å². The van der Waals surface area contributed by atoms with Crippen LogP contribution in [0.2, 0.25) is 0 Å². The van der Waals surface area contributed by atoms with E-state index in [4.69, 9.17) is 4.74 Å². The molecule has 1 aromatic rings. The first-order chi connectivity index (χ1) is 10.8. The van der Waals surface area contributed by atoms with Gasteiger partial charge in [-0.05, 0) is 33.1 Å². The number of rotatable bonds is 5. The average Bonchev–Trinajstić information content (AvgIpc) is 3.06. The average molecular weight is 329 g/mol. The van der Waals surface area contributed by atoms with Crippen LogP contribution in [0.25, 0.3) is 0 Å². The summed E-state index contributed by atoms with van der Waals surface area (Å²) in [5.41, 5.74) is 1.24. The highest BCUT2D eigenvalue weighted by molar-refractivity contribution is 5.79. The largest absolute Gasteiger partial charge is 0.469 e. The van der Waals surface area contributed by atoms with Crippen LogP contribution in [0.15, 0.2) is 0 Å². The van der Waals surface area contributed by atoms with Crippen LogP contribution in [-0.2, 0) is 20.7 Å². The Morgan fingerprint density at radius 2 is 2.09 bits per heavy atom. The highest BCUT2D eigenvalue weighted by Crippen LogP contribution is 2.27.